The lowest BCUT2D eigenvalue weighted by Gasteiger charge is -2.36. The molecule has 8 heteroatoms. The first-order chi connectivity index (χ1) is 13.5. The second-order valence-corrected chi connectivity index (χ2v) is 6.39. The quantitative estimate of drug-likeness (QED) is 0.851. The van der Waals surface area contributed by atoms with E-state index < -0.39 is 11.6 Å². The van der Waals surface area contributed by atoms with Crippen molar-refractivity contribution in [3.63, 3.8) is 0 Å². The van der Waals surface area contributed by atoms with E-state index in [1.54, 1.807) is 36.2 Å². The van der Waals surface area contributed by atoms with Crippen LogP contribution in [-0.2, 0) is 6.54 Å². The molecule has 2 amide bonds. The summed E-state index contributed by atoms with van der Waals surface area (Å²) in [6.07, 6.45) is 0. The second kappa shape index (κ2) is 8.77. The van der Waals surface area contributed by atoms with Crippen LogP contribution in [0.4, 0.5) is 19.3 Å². The topological polar surface area (TPSA) is 54.0 Å². The van der Waals surface area contributed by atoms with E-state index in [4.69, 9.17) is 9.47 Å². The van der Waals surface area contributed by atoms with E-state index in [1.165, 1.54) is 18.2 Å². The van der Waals surface area contributed by atoms with Crippen LogP contribution in [0.3, 0.4) is 0 Å². The molecule has 0 unspecified atom stereocenters. The van der Waals surface area contributed by atoms with E-state index in [9.17, 15) is 13.6 Å². The van der Waals surface area contributed by atoms with Crippen molar-refractivity contribution in [3.8, 4) is 11.5 Å². The van der Waals surface area contributed by atoms with Crippen molar-refractivity contribution < 1.29 is 23.0 Å². The lowest BCUT2D eigenvalue weighted by molar-refractivity contribution is 0.193. The van der Waals surface area contributed by atoms with Crippen molar-refractivity contribution in [2.45, 2.75) is 6.54 Å². The molecule has 3 rings (SSSR count). The predicted octanol–water partition coefficient (Wildman–Crippen LogP) is 3.01. The molecule has 0 aromatic heterocycles. The maximum Gasteiger partial charge on any atom is 0.317 e. The maximum absolute atomic E-state index is 13.9. The van der Waals surface area contributed by atoms with Crippen LogP contribution in [-0.4, -0.2) is 51.3 Å². The molecular formula is C20H23F2N3O3. The number of piperazine rings is 1. The maximum atomic E-state index is 13.9. The number of nitrogens with one attached hydrogen (secondary N) is 1. The van der Waals surface area contributed by atoms with Gasteiger partial charge >= 0.3 is 6.03 Å². The van der Waals surface area contributed by atoms with Gasteiger partial charge in [0.2, 0.25) is 0 Å². The van der Waals surface area contributed by atoms with Gasteiger partial charge in [-0.1, -0.05) is 12.1 Å². The molecule has 1 fully saturated rings. The summed E-state index contributed by atoms with van der Waals surface area (Å²) in [5, 5.41) is 2.86. The molecule has 0 atom stereocenters. The first-order valence-electron chi connectivity index (χ1n) is 8.96. The Balaban J connectivity index is 1.54. The van der Waals surface area contributed by atoms with Gasteiger partial charge in [-0.3, -0.25) is 0 Å². The standard InChI is InChI=1S/C20H23F2N3O3/c1-27-17-7-6-14(12-18(17)28-2)13-23-20(26)25-10-8-24(9-11-25)19-15(21)4-3-5-16(19)22/h3-7,12H,8-11,13H2,1-2H3,(H,23,26). The van der Waals surface area contributed by atoms with Gasteiger partial charge in [0.25, 0.3) is 0 Å². The minimum atomic E-state index is -0.591. The van der Waals surface area contributed by atoms with Gasteiger partial charge < -0.3 is 24.6 Å². The average Bonchev–Trinajstić information content (AvgIpc) is 2.72. The highest BCUT2D eigenvalue weighted by molar-refractivity contribution is 5.74. The van der Waals surface area contributed by atoms with Crippen LogP contribution >= 0.6 is 0 Å². The van der Waals surface area contributed by atoms with Crippen LogP contribution in [0.15, 0.2) is 36.4 Å². The molecule has 2 aromatic rings. The molecule has 150 valence electrons. The fourth-order valence-corrected chi connectivity index (χ4v) is 3.20. The number of carbonyl (C=O) groups is 1. The number of hydrogen-bond acceptors (Lipinski definition) is 4. The number of amides is 2. The first-order valence-corrected chi connectivity index (χ1v) is 8.96. The van der Waals surface area contributed by atoms with Crippen molar-refractivity contribution in [1.82, 2.24) is 10.2 Å². The molecule has 0 bridgehead atoms. The van der Waals surface area contributed by atoms with Gasteiger partial charge in [0.15, 0.2) is 11.5 Å². The summed E-state index contributed by atoms with van der Waals surface area (Å²) in [5.74, 6) is 0.0292. The number of hydrogen-bond donors (Lipinski definition) is 1. The Labute approximate surface area is 162 Å². The summed E-state index contributed by atoms with van der Waals surface area (Å²) in [5.41, 5.74) is 0.839. The van der Waals surface area contributed by atoms with Crippen molar-refractivity contribution in [2.24, 2.45) is 0 Å². The molecule has 1 heterocycles. The van der Waals surface area contributed by atoms with Crippen LogP contribution in [0, 0.1) is 11.6 Å². The lowest BCUT2D eigenvalue weighted by atomic mass is 10.2. The molecule has 1 aliphatic heterocycles. The predicted molar refractivity (Wildman–Crippen MR) is 102 cm³/mol. The zero-order valence-electron chi connectivity index (χ0n) is 15.9. The van der Waals surface area contributed by atoms with Crippen LogP contribution in [0.5, 0.6) is 11.5 Å². The van der Waals surface area contributed by atoms with Gasteiger partial charge in [0.05, 0.1) is 14.2 Å². The van der Waals surface area contributed by atoms with Gasteiger partial charge in [-0.05, 0) is 29.8 Å². The number of urea groups is 1. The Kier molecular flexibility index (Phi) is 6.18. The molecule has 6 nitrogen and oxygen atoms in total. The minimum Gasteiger partial charge on any atom is -0.493 e. The zero-order valence-corrected chi connectivity index (χ0v) is 15.9. The minimum absolute atomic E-state index is 0.0344. The summed E-state index contributed by atoms with van der Waals surface area (Å²) in [7, 11) is 3.12. The number of methoxy groups -OCH3 is 2. The third kappa shape index (κ3) is 4.27. The highest BCUT2D eigenvalue weighted by Crippen LogP contribution is 2.27. The number of para-hydroxylation sites is 1. The monoisotopic (exact) mass is 391 g/mol. The normalized spacial score (nSPS) is 14.0. The Hall–Kier alpha value is -3.03. The molecule has 2 aromatic carbocycles. The van der Waals surface area contributed by atoms with Crippen LogP contribution in [0.2, 0.25) is 0 Å². The van der Waals surface area contributed by atoms with E-state index in [-0.39, 0.29) is 11.7 Å². The Morgan fingerprint density at radius 2 is 1.64 bits per heavy atom. The zero-order chi connectivity index (χ0) is 20.1. The molecule has 1 N–H and O–H groups in total. The van der Waals surface area contributed by atoms with Crippen molar-refractivity contribution in [1.29, 1.82) is 0 Å². The Morgan fingerprint density at radius 3 is 2.25 bits per heavy atom. The first kappa shape index (κ1) is 19.7. The van der Waals surface area contributed by atoms with E-state index >= 15 is 0 Å². The highest BCUT2D eigenvalue weighted by atomic mass is 19.1. The molecule has 0 spiro atoms. The van der Waals surface area contributed by atoms with Gasteiger partial charge in [-0.25, -0.2) is 13.6 Å². The van der Waals surface area contributed by atoms with Gasteiger partial charge in [-0.15, -0.1) is 0 Å². The third-order valence-corrected chi connectivity index (χ3v) is 4.71. The largest absolute Gasteiger partial charge is 0.493 e. The number of benzene rings is 2. The summed E-state index contributed by atoms with van der Waals surface area (Å²) in [6.45, 7) is 1.82. The summed E-state index contributed by atoms with van der Waals surface area (Å²) in [6, 6.07) is 9.02. The van der Waals surface area contributed by atoms with Crippen molar-refractivity contribution in [2.75, 3.05) is 45.3 Å². The summed E-state index contributed by atoms with van der Waals surface area (Å²) in [4.78, 5) is 15.7. The molecule has 0 saturated carbocycles. The van der Waals surface area contributed by atoms with Crippen molar-refractivity contribution in [3.05, 3.63) is 53.6 Å². The van der Waals surface area contributed by atoms with E-state index in [0.29, 0.717) is 44.2 Å². The number of rotatable bonds is 5. The summed E-state index contributed by atoms with van der Waals surface area (Å²) >= 11 is 0. The van der Waals surface area contributed by atoms with Crippen LogP contribution in [0.25, 0.3) is 0 Å². The van der Waals surface area contributed by atoms with Gasteiger partial charge in [-0.2, -0.15) is 0 Å². The van der Waals surface area contributed by atoms with E-state index in [0.717, 1.165) is 5.56 Å². The fraction of sp³-hybridized carbons (Fsp3) is 0.350. The van der Waals surface area contributed by atoms with E-state index in [2.05, 4.69) is 5.32 Å². The molecule has 0 radical (unpaired) electrons. The SMILES string of the molecule is COc1ccc(CNC(=O)N2CCN(c3c(F)cccc3F)CC2)cc1OC. The van der Waals surface area contributed by atoms with E-state index in [1.807, 2.05) is 6.07 Å². The molecule has 0 aliphatic carbocycles. The Morgan fingerprint density at radius 1 is 1.00 bits per heavy atom. The molecule has 28 heavy (non-hydrogen) atoms. The summed E-state index contributed by atoms with van der Waals surface area (Å²) < 4.78 is 38.3. The molecule has 1 aliphatic rings. The van der Waals surface area contributed by atoms with Crippen LogP contribution < -0.4 is 19.7 Å². The number of halogens is 2. The number of anilines is 1. The number of carbonyl (C=O) groups excluding carboxylic acids is 1. The van der Waals surface area contributed by atoms with Gasteiger partial charge in [0.1, 0.15) is 17.3 Å². The highest BCUT2D eigenvalue weighted by Gasteiger charge is 2.24. The van der Waals surface area contributed by atoms with Gasteiger partial charge in [0, 0.05) is 32.7 Å². The number of ether oxygens (including phenoxy) is 2. The Bertz CT molecular complexity index is 819. The lowest BCUT2D eigenvalue weighted by Crippen LogP contribution is -2.52. The van der Waals surface area contributed by atoms with Crippen LogP contribution in [0.1, 0.15) is 5.56 Å². The second-order valence-electron chi connectivity index (χ2n) is 6.39. The molecule has 1 saturated heterocycles. The smallest absolute Gasteiger partial charge is 0.317 e. The number of nitrogens with zero attached hydrogens (tertiary/aromatic N) is 2. The average molecular weight is 391 g/mol. The molecular weight excluding hydrogens is 368 g/mol. The fourth-order valence-electron chi connectivity index (χ4n) is 3.20. The van der Waals surface area contributed by atoms with Crippen molar-refractivity contribution >= 4 is 11.7 Å². The third-order valence-electron chi connectivity index (χ3n) is 4.71.